The molecule has 202 valence electrons. The molecule has 14 heteroatoms. The summed E-state index contributed by atoms with van der Waals surface area (Å²) in [6, 6.07) is 9.27. The van der Waals surface area contributed by atoms with Gasteiger partial charge in [-0.2, -0.15) is 0 Å². The van der Waals surface area contributed by atoms with Crippen molar-refractivity contribution in [1.29, 1.82) is 0 Å². The number of ether oxygens (including phenoxy) is 3. The minimum Gasteiger partial charge on any atom is -0.779 e. The number of anilines is 1. The lowest BCUT2D eigenvalue weighted by atomic mass is 10.1. The molecule has 2 unspecified atom stereocenters. The summed E-state index contributed by atoms with van der Waals surface area (Å²) in [4.78, 5) is 36.9. The third-order valence-electron chi connectivity index (χ3n) is 6.14. The van der Waals surface area contributed by atoms with Crippen LogP contribution in [0.2, 0.25) is 0 Å². The number of carbonyl (C=O) groups excluding carboxylic acids is 1. The average molecular weight is 543 g/mol. The van der Waals surface area contributed by atoms with Gasteiger partial charge in [0.15, 0.2) is 29.5 Å². The average Bonchev–Trinajstić information content (AvgIpc) is 3.61. The molecular formula is C24H28N6O7P-. The zero-order valence-electron chi connectivity index (χ0n) is 20.8. The second-order valence-electron chi connectivity index (χ2n) is 8.66. The molecule has 2 aliphatic heterocycles. The molecule has 2 fully saturated rings. The molecule has 0 bridgehead atoms. The summed E-state index contributed by atoms with van der Waals surface area (Å²) < 4.78 is 37.4. The van der Waals surface area contributed by atoms with Gasteiger partial charge in [-0.1, -0.05) is 43.3 Å². The maximum absolute atomic E-state index is 12.0. The SMILES string of the molecule is CCNC(=O)Nc1ncnc2c1ncn2[C@@H]1O[C@H](COP(=O)([O-])CC)C2O[C@H](/C=C/c3ccccc3)O[C@@H]21. The topological polar surface area (TPSA) is 162 Å². The second-order valence-corrected chi connectivity index (χ2v) is 10.8. The van der Waals surface area contributed by atoms with Crippen molar-refractivity contribution in [3.05, 3.63) is 54.6 Å². The number of carbonyl (C=O) groups is 1. The van der Waals surface area contributed by atoms with E-state index in [1.54, 1.807) is 17.6 Å². The Bertz CT molecular complexity index is 1350. The standard InChI is InChI=1S/C24H29N6O7P/c1-3-25-24(31)29-21-18-22(27-13-26-21)30(14-28-18)23-20-19(16(35-23)12-34-38(32,33)4-2)36-17(37-20)11-10-15-8-6-5-7-9-15/h5-11,13-14,16-17,19-20,23H,3-4,12H2,1-2H3,(H,32,33)(H2,25,26,27,29,31)/p-1/b11-10+/t16-,17+,19?,20+,23-/m1/s1. The van der Waals surface area contributed by atoms with E-state index in [9.17, 15) is 14.3 Å². The molecule has 0 spiro atoms. The number of imidazole rings is 1. The van der Waals surface area contributed by atoms with Gasteiger partial charge in [0.25, 0.3) is 0 Å². The summed E-state index contributed by atoms with van der Waals surface area (Å²) in [6.07, 6.45) is 2.93. The number of urea groups is 1. The molecule has 0 aliphatic carbocycles. The Kier molecular flexibility index (Phi) is 7.84. The van der Waals surface area contributed by atoms with Crippen molar-refractivity contribution in [3.8, 4) is 0 Å². The minimum atomic E-state index is -4.00. The van der Waals surface area contributed by atoms with Gasteiger partial charge < -0.3 is 33.5 Å². The number of hydrogen-bond acceptors (Lipinski definition) is 10. The fourth-order valence-corrected chi connectivity index (χ4v) is 4.84. The third kappa shape index (κ3) is 5.63. The first-order valence-electron chi connectivity index (χ1n) is 12.2. The predicted octanol–water partition coefficient (Wildman–Crippen LogP) is 2.28. The van der Waals surface area contributed by atoms with Crippen LogP contribution in [0.5, 0.6) is 0 Å². The maximum atomic E-state index is 12.0. The van der Waals surface area contributed by atoms with Crippen LogP contribution >= 0.6 is 7.60 Å². The minimum absolute atomic E-state index is 0.137. The summed E-state index contributed by atoms with van der Waals surface area (Å²) in [5.74, 6) is 0.233. The Labute approximate surface area is 218 Å². The molecule has 38 heavy (non-hydrogen) atoms. The van der Waals surface area contributed by atoms with Crippen LogP contribution < -0.4 is 15.5 Å². The van der Waals surface area contributed by atoms with E-state index in [4.69, 9.17) is 18.7 Å². The zero-order chi connectivity index (χ0) is 26.7. The van der Waals surface area contributed by atoms with E-state index in [0.29, 0.717) is 17.7 Å². The normalized spacial score (nSPS) is 26.4. The number of aromatic nitrogens is 4. The Hall–Kier alpha value is -3.19. The smallest absolute Gasteiger partial charge is 0.320 e. The third-order valence-corrected chi connectivity index (χ3v) is 7.46. The van der Waals surface area contributed by atoms with E-state index in [0.717, 1.165) is 5.56 Å². The maximum Gasteiger partial charge on any atom is 0.320 e. The monoisotopic (exact) mass is 543 g/mol. The Balaban J connectivity index is 1.41. The van der Waals surface area contributed by atoms with Gasteiger partial charge in [0.05, 0.1) is 12.9 Å². The van der Waals surface area contributed by atoms with Crippen molar-refractivity contribution < 1.29 is 33.0 Å². The van der Waals surface area contributed by atoms with Gasteiger partial charge in [-0.25, -0.2) is 19.7 Å². The van der Waals surface area contributed by atoms with Crippen molar-refractivity contribution in [2.45, 2.75) is 44.7 Å². The predicted molar refractivity (Wildman–Crippen MR) is 135 cm³/mol. The van der Waals surface area contributed by atoms with E-state index in [-0.39, 0.29) is 18.6 Å². The van der Waals surface area contributed by atoms with Crippen LogP contribution in [0, 0.1) is 0 Å². The first-order valence-corrected chi connectivity index (χ1v) is 14.0. The lowest BCUT2D eigenvalue weighted by Gasteiger charge is -2.25. The highest BCUT2D eigenvalue weighted by atomic mass is 31.2. The molecule has 2 aromatic heterocycles. The molecule has 0 saturated carbocycles. The number of fused-ring (bicyclic) bond motifs is 2. The number of nitrogens with zero attached hydrogens (tertiary/aromatic N) is 4. The summed E-state index contributed by atoms with van der Waals surface area (Å²) in [6.45, 7) is 3.53. The summed E-state index contributed by atoms with van der Waals surface area (Å²) >= 11 is 0. The molecule has 4 heterocycles. The van der Waals surface area contributed by atoms with Crippen LogP contribution in [-0.2, 0) is 23.3 Å². The molecule has 5 rings (SSSR count). The molecule has 2 amide bonds. The van der Waals surface area contributed by atoms with Crippen LogP contribution in [0.3, 0.4) is 0 Å². The first kappa shape index (κ1) is 26.4. The van der Waals surface area contributed by atoms with Gasteiger partial charge in [-0.3, -0.25) is 9.88 Å². The molecule has 1 aromatic carbocycles. The van der Waals surface area contributed by atoms with E-state index >= 15 is 0 Å². The van der Waals surface area contributed by atoms with Gasteiger partial charge in [0.1, 0.15) is 32.2 Å². The molecular weight excluding hydrogens is 515 g/mol. The number of rotatable bonds is 9. The summed E-state index contributed by atoms with van der Waals surface area (Å²) in [5.41, 5.74) is 1.73. The Morgan fingerprint density at radius 1 is 1.16 bits per heavy atom. The fraction of sp³-hybridized carbons (Fsp3) is 0.417. The van der Waals surface area contributed by atoms with Gasteiger partial charge >= 0.3 is 6.03 Å². The summed E-state index contributed by atoms with van der Waals surface area (Å²) in [5, 5.41) is 5.30. The molecule has 2 saturated heterocycles. The van der Waals surface area contributed by atoms with Crippen molar-refractivity contribution >= 4 is 36.7 Å². The molecule has 2 aliphatic rings. The highest BCUT2D eigenvalue weighted by Gasteiger charge is 2.53. The number of nitrogens with one attached hydrogen (secondary N) is 2. The van der Waals surface area contributed by atoms with E-state index < -0.39 is 44.5 Å². The zero-order valence-corrected chi connectivity index (χ0v) is 21.7. The van der Waals surface area contributed by atoms with Gasteiger partial charge in [-0.15, -0.1) is 0 Å². The number of hydrogen-bond donors (Lipinski definition) is 2. The largest absolute Gasteiger partial charge is 0.779 e. The van der Waals surface area contributed by atoms with Crippen molar-refractivity contribution in [3.63, 3.8) is 0 Å². The van der Waals surface area contributed by atoms with E-state index in [1.165, 1.54) is 19.6 Å². The van der Waals surface area contributed by atoms with E-state index in [2.05, 4.69) is 25.6 Å². The van der Waals surface area contributed by atoms with Crippen LogP contribution in [0.25, 0.3) is 17.2 Å². The highest BCUT2D eigenvalue weighted by molar-refractivity contribution is 7.51. The summed E-state index contributed by atoms with van der Waals surface area (Å²) in [7, 11) is -4.00. The number of benzene rings is 1. The van der Waals surface area contributed by atoms with Crippen LogP contribution in [0.4, 0.5) is 10.6 Å². The van der Waals surface area contributed by atoms with Crippen LogP contribution in [-0.4, -0.2) is 69.5 Å². The Morgan fingerprint density at radius 2 is 1.95 bits per heavy atom. The molecule has 2 N–H and O–H groups in total. The van der Waals surface area contributed by atoms with Crippen molar-refractivity contribution in [1.82, 2.24) is 24.8 Å². The fourth-order valence-electron chi connectivity index (χ4n) is 4.28. The van der Waals surface area contributed by atoms with Gasteiger partial charge in [0.2, 0.25) is 0 Å². The second kappa shape index (κ2) is 11.3. The van der Waals surface area contributed by atoms with E-state index in [1.807, 2.05) is 36.4 Å². The van der Waals surface area contributed by atoms with Crippen LogP contribution in [0.15, 0.2) is 49.1 Å². The van der Waals surface area contributed by atoms with Gasteiger partial charge in [-0.05, 0) is 18.6 Å². The lowest BCUT2D eigenvalue weighted by Crippen LogP contribution is -2.32. The number of amides is 2. The first-order chi connectivity index (χ1) is 18.4. The molecule has 13 nitrogen and oxygen atoms in total. The Morgan fingerprint density at radius 3 is 2.71 bits per heavy atom. The van der Waals surface area contributed by atoms with Gasteiger partial charge in [0, 0.05) is 12.7 Å². The molecule has 6 atom stereocenters. The highest BCUT2D eigenvalue weighted by Crippen LogP contribution is 2.43. The lowest BCUT2D eigenvalue weighted by molar-refractivity contribution is -0.203. The molecule has 0 radical (unpaired) electrons. The van der Waals surface area contributed by atoms with Crippen LogP contribution in [0.1, 0.15) is 25.6 Å². The molecule has 3 aromatic rings. The quantitative estimate of drug-likeness (QED) is 0.383. The van der Waals surface area contributed by atoms with Crippen molar-refractivity contribution in [2.75, 3.05) is 24.6 Å². The van der Waals surface area contributed by atoms with Crippen molar-refractivity contribution in [2.24, 2.45) is 0 Å².